The molecule has 1 aromatic carbocycles. The summed E-state index contributed by atoms with van der Waals surface area (Å²) >= 11 is 0. The van der Waals surface area contributed by atoms with Gasteiger partial charge in [-0.25, -0.2) is 4.79 Å². The molecule has 3 N–H and O–H groups in total. The van der Waals surface area contributed by atoms with Gasteiger partial charge in [0, 0.05) is 6.42 Å². The molecule has 1 rings (SSSR count). The SMILES string of the molecule is Cc1cccc(CCC(=O)N[C@H](C(=O)O)[C@@H](C)O)c1. The second kappa shape index (κ2) is 6.89. The van der Waals surface area contributed by atoms with Crippen molar-refractivity contribution in [3.63, 3.8) is 0 Å². The van der Waals surface area contributed by atoms with Gasteiger partial charge in [0.05, 0.1) is 6.10 Å². The Morgan fingerprint density at radius 2 is 2.05 bits per heavy atom. The highest BCUT2D eigenvalue weighted by Gasteiger charge is 2.24. The van der Waals surface area contributed by atoms with E-state index in [1.807, 2.05) is 31.2 Å². The van der Waals surface area contributed by atoms with E-state index < -0.39 is 18.1 Å². The maximum Gasteiger partial charge on any atom is 0.328 e. The van der Waals surface area contributed by atoms with Crippen molar-refractivity contribution in [2.75, 3.05) is 0 Å². The Morgan fingerprint density at radius 1 is 1.37 bits per heavy atom. The lowest BCUT2D eigenvalue weighted by molar-refractivity contribution is -0.144. The molecule has 19 heavy (non-hydrogen) atoms. The molecule has 0 aromatic heterocycles. The first-order chi connectivity index (χ1) is 8.90. The number of aryl methyl sites for hydroxylation is 2. The van der Waals surface area contributed by atoms with Crippen LogP contribution in [0.25, 0.3) is 0 Å². The van der Waals surface area contributed by atoms with E-state index in [0.717, 1.165) is 11.1 Å². The number of carboxylic acids is 1. The molecule has 0 radical (unpaired) electrons. The molecule has 5 nitrogen and oxygen atoms in total. The van der Waals surface area contributed by atoms with Gasteiger partial charge in [0.1, 0.15) is 0 Å². The molecule has 104 valence electrons. The second-order valence-corrected chi connectivity index (χ2v) is 4.61. The van der Waals surface area contributed by atoms with Crippen molar-refractivity contribution < 1.29 is 19.8 Å². The van der Waals surface area contributed by atoms with E-state index in [9.17, 15) is 14.7 Å². The standard InChI is InChI=1S/C14H19NO4/c1-9-4-3-5-11(8-9)6-7-12(17)15-13(10(2)16)14(18)19/h3-5,8,10,13,16H,6-7H2,1-2H3,(H,15,17)(H,18,19)/t10-,13+/m1/s1. The fourth-order valence-corrected chi connectivity index (χ4v) is 1.76. The maximum absolute atomic E-state index is 11.6. The molecule has 2 atom stereocenters. The van der Waals surface area contributed by atoms with Crippen LogP contribution in [-0.4, -0.2) is 34.2 Å². The first kappa shape index (κ1) is 15.2. The van der Waals surface area contributed by atoms with Crippen molar-refractivity contribution >= 4 is 11.9 Å². The molecule has 0 heterocycles. The van der Waals surface area contributed by atoms with Gasteiger partial charge >= 0.3 is 5.97 Å². The van der Waals surface area contributed by atoms with Gasteiger partial charge in [-0.15, -0.1) is 0 Å². The van der Waals surface area contributed by atoms with Gasteiger partial charge < -0.3 is 15.5 Å². The van der Waals surface area contributed by atoms with Gasteiger partial charge in [-0.2, -0.15) is 0 Å². The van der Waals surface area contributed by atoms with Crippen LogP contribution < -0.4 is 5.32 Å². The van der Waals surface area contributed by atoms with Crippen molar-refractivity contribution in [2.45, 2.75) is 38.8 Å². The lowest BCUT2D eigenvalue weighted by atomic mass is 10.1. The van der Waals surface area contributed by atoms with Crippen molar-refractivity contribution in [2.24, 2.45) is 0 Å². The summed E-state index contributed by atoms with van der Waals surface area (Å²) in [5.74, 6) is -1.62. The Balaban J connectivity index is 2.49. The number of benzene rings is 1. The number of nitrogens with one attached hydrogen (secondary N) is 1. The summed E-state index contributed by atoms with van der Waals surface area (Å²) in [5, 5.41) is 20.4. The van der Waals surface area contributed by atoms with Crippen LogP contribution in [0.1, 0.15) is 24.5 Å². The van der Waals surface area contributed by atoms with Crippen LogP contribution in [0.3, 0.4) is 0 Å². The Morgan fingerprint density at radius 3 is 2.58 bits per heavy atom. The number of carboxylic acid groups (broad SMARTS) is 1. The third kappa shape index (κ3) is 5.09. The molecular weight excluding hydrogens is 246 g/mol. The number of aliphatic carboxylic acids is 1. The van der Waals surface area contributed by atoms with Gasteiger partial charge in [0.2, 0.25) is 5.91 Å². The van der Waals surface area contributed by atoms with Crippen molar-refractivity contribution in [3.8, 4) is 0 Å². The summed E-state index contributed by atoms with van der Waals surface area (Å²) < 4.78 is 0. The molecule has 0 fully saturated rings. The number of carbonyl (C=O) groups is 2. The molecule has 1 amide bonds. The number of rotatable bonds is 6. The Kier molecular flexibility index (Phi) is 5.51. The minimum absolute atomic E-state index is 0.194. The van der Waals surface area contributed by atoms with Crippen LogP contribution >= 0.6 is 0 Å². The van der Waals surface area contributed by atoms with E-state index >= 15 is 0 Å². The lowest BCUT2D eigenvalue weighted by Crippen LogP contribution is -2.47. The Hall–Kier alpha value is -1.88. The summed E-state index contributed by atoms with van der Waals surface area (Å²) in [6, 6.07) is 6.53. The van der Waals surface area contributed by atoms with Crippen molar-refractivity contribution in [3.05, 3.63) is 35.4 Å². The number of carbonyl (C=O) groups excluding carboxylic acids is 1. The quantitative estimate of drug-likeness (QED) is 0.712. The van der Waals surface area contributed by atoms with Crippen LogP contribution in [0.15, 0.2) is 24.3 Å². The third-order valence-corrected chi connectivity index (χ3v) is 2.79. The minimum atomic E-state index is -1.26. The van der Waals surface area contributed by atoms with Gasteiger partial charge in [-0.3, -0.25) is 4.79 Å². The van der Waals surface area contributed by atoms with Gasteiger partial charge in [0.25, 0.3) is 0 Å². The summed E-state index contributed by atoms with van der Waals surface area (Å²) in [4.78, 5) is 22.5. The average molecular weight is 265 g/mol. The third-order valence-electron chi connectivity index (χ3n) is 2.79. The van der Waals surface area contributed by atoms with Crippen LogP contribution in [0.4, 0.5) is 0 Å². The van der Waals surface area contributed by atoms with E-state index in [2.05, 4.69) is 5.32 Å². The maximum atomic E-state index is 11.6. The number of hydrogen-bond donors (Lipinski definition) is 3. The highest BCUT2D eigenvalue weighted by molar-refractivity contribution is 5.84. The average Bonchev–Trinajstić information content (AvgIpc) is 2.32. The molecule has 0 unspecified atom stereocenters. The van der Waals surface area contributed by atoms with Crippen LogP contribution in [0, 0.1) is 6.92 Å². The zero-order chi connectivity index (χ0) is 14.4. The minimum Gasteiger partial charge on any atom is -0.480 e. The first-order valence-electron chi connectivity index (χ1n) is 6.16. The molecular formula is C14H19NO4. The van der Waals surface area contributed by atoms with Crippen molar-refractivity contribution in [1.29, 1.82) is 0 Å². The Labute approximate surface area is 112 Å². The number of aliphatic hydroxyl groups excluding tert-OH is 1. The number of aliphatic hydroxyl groups is 1. The zero-order valence-corrected chi connectivity index (χ0v) is 11.1. The summed E-state index contributed by atoms with van der Waals surface area (Å²) in [5.41, 5.74) is 2.14. The molecule has 5 heteroatoms. The first-order valence-corrected chi connectivity index (χ1v) is 6.16. The van der Waals surface area contributed by atoms with E-state index in [1.165, 1.54) is 6.92 Å². The molecule has 0 aliphatic carbocycles. The van der Waals surface area contributed by atoms with E-state index in [-0.39, 0.29) is 12.3 Å². The lowest BCUT2D eigenvalue weighted by Gasteiger charge is -2.16. The monoisotopic (exact) mass is 265 g/mol. The predicted octanol–water partition coefficient (Wildman–Crippen LogP) is 0.878. The van der Waals surface area contributed by atoms with E-state index in [1.54, 1.807) is 0 Å². The van der Waals surface area contributed by atoms with E-state index in [4.69, 9.17) is 5.11 Å². The molecule has 0 aliphatic rings. The van der Waals surface area contributed by atoms with Crippen LogP contribution in [0.2, 0.25) is 0 Å². The molecule has 0 saturated heterocycles. The largest absolute Gasteiger partial charge is 0.480 e. The summed E-state index contributed by atoms with van der Waals surface area (Å²) in [6.45, 7) is 3.30. The predicted molar refractivity (Wildman–Crippen MR) is 70.7 cm³/mol. The highest BCUT2D eigenvalue weighted by Crippen LogP contribution is 2.06. The topological polar surface area (TPSA) is 86.6 Å². The molecule has 0 aliphatic heterocycles. The van der Waals surface area contributed by atoms with Crippen LogP contribution in [-0.2, 0) is 16.0 Å². The van der Waals surface area contributed by atoms with Crippen molar-refractivity contribution in [1.82, 2.24) is 5.32 Å². The fourth-order valence-electron chi connectivity index (χ4n) is 1.76. The summed E-state index contributed by atoms with van der Waals surface area (Å²) in [6.07, 6.45) is -0.389. The molecule has 0 spiro atoms. The highest BCUT2D eigenvalue weighted by atomic mass is 16.4. The molecule has 0 saturated carbocycles. The van der Waals surface area contributed by atoms with Gasteiger partial charge in [-0.05, 0) is 25.8 Å². The van der Waals surface area contributed by atoms with E-state index in [0.29, 0.717) is 6.42 Å². The summed E-state index contributed by atoms with van der Waals surface area (Å²) in [7, 11) is 0. The smallest absolute Gasteiger partial charge is 0.328 e. The van der Waals surface area contributed by atoms with Gasteiger partial charge in [0.15, 0.2) is 6.04 Å². The zero-order valence-electron chi connectivity index (χ0n) is 11.1. The molecule has 1 aromatic rings. The Bertz CT molecular complexity index is 457. The van der Waals surface area contributed by atoms with Crippen LogP contribution in [0.5, 0.6) is 0 Å². The van der Waals surface area contributed by atoms with Gasteiger partial charge in [-0.1, -0.05) is 29.8 Å². The fraction of sp³-hybridized carbons (Fsp3) is 0.429. The molecule has 0 bridgehead atoms. The number of amides is 1. The normalized spacial score (nSPS) is 13.6. The number of hydrogen-bond acceptors (Lipinski definition) is 3. The second-order valence-electron chi connectivity index (χ2n) is 4.61.